The van der Waals surface area contributed by atoms with Crippen LogP contribution in [0.25, 0.3) is 0 Å². The van der Waals surface area contributed by atoms with Crippen molar-refractivity contribution in [3.8, 4) is 0 Å². The molecule has 0 radical (unpaired) electrons. The molecule has 0 aliphatic rings. The van der Waals surface area contributed by atoms with Crippen LogP contribution in [0.15, 0.2) is 12.4 Å². The molecular formula is C11H19N5O2. The topological polar surface area (TPSA) is 116 Å². The monoisotopic (exact) mass is 253 g/mol. The Morgan fingerprint density at radius 2 is 2.11 bits per heavy atom. The van der Waals surface area contributed by atoms with Crippen molar-refractivity contribution in [3.05, 3.63) is 12.4 Å². The number of carbonyl (C=O) groups excluding carboxylic acids is 2. The summed E-state index contributed by atoms with van der Waals surface area (Å²) in [6.45, 7) is 5.62. The van der Waals surface area contributed by atoms with E-state index in [4.69, 9.17) is 11.5 Å². The third-order valence-corrected chi connectivity index (χ3v) is 2.43. The molecule has 2 amide bonds. The summed E-state index contributed by atoms with van der Waals surface area (Å²) in [5, 5.41) is 6.53. The summed E-state index contributed by atoms with van der Waals surface area (Å²) < 4.78 is 1.35. The Balaban J connectivity index is 2.65. The van der Waals surface area contributed by atoms with E-state index in [0.717, 1.165) is 0 Å². The minimum atomic E-state index is -0.628. The first-order valence-corrected chi connectivity index (χ1v) is 5.57. The van der Waals surface area contributed by atoms with Gasteiger partial charge in [-0.3, -0.25) is 14.3 Å². The quantitative estimate of drug-likeness (QED) is 0.681. The number of anilines is 1. The number of hydrogen-bond acceptors (Lipinski definition) is 4. The van der Waals surface area contributed by atoms with Crippen molar-refractivity contribution in [3.63, 3.8) is 0 Å². The second kappa shape index (κ2) is 5.18. The van der Waals surface area contributed by atoms with Gasteiger partial charge in [-0.25, -0.2) is 0 Å². The summed E-state index contributed by atoms with van der Waals surface area (Å²) in [5.74, 6) is -0.788. The summed E-state index contributed by atoms with van der Waals surface area (Å²) in [4.78, 5) is 22.5. The van der Waals surface area contributed by atoms with E-state index in [2.05, 4.69) is 10.4 Å². The van der Waals surface area contributed by atoms with Gasteiger partial charge in [-0.15, -0.1) is 0 Å². The molecule has 0 aliphatic heterocycles. The Hall–Kier alpha value is -1.89. The minimum absolute atomic E-state index is 0.0266. The zero-order chi connectivity index (χ0) is 13.9. The van der Waals surface area contributed by atoms with Gasteiger partial charge in [0.15, 0.2) is 0 Å². The molecule has 1 atom stereocenters. The highest BCUT2D eigenvalue weighted by Crippen LogP contribution is 2.18. The molecular weight excluding hydrogens is 234 g/mol. The fraction of sp³-hybridized carbons (Fsp3) is 0.545. The van der Waals surface area contributed by atoms with Crippen molar-refractivity contribution in [2.45, 2.75) is 33.4 Å². The molecule has 1 aromatic heterocycles. The molecule has 0 saturated carbocycles. The van der Waals surface area contributed by atoms with Gasteiger partial charge in [0.25, 0.3) is 0 Å². The van der Waals surface area contributed by atoms with Gasteiger partial charge in [0, 0.05) is 6.20 Å². The SMILES string of the molecule is CC(C)(C)[C@@H](N)C(=O)Nc1cnn(CC(N)=O)c1. The van der Waals surface area contributed by atoms with Crippen LogP contribution in [0.3, 0.4) is 0 Å². The molecule has 1 aromatic rings. The lowest BCUT2D eigenvalue weighted by Crippen LogP contribution is -2.45. The van der Waals surface area contributed by atoms with Crippen molar-refractivity contribution in [1.29, 1.82) is 0 Å². The van der Waals surface area contributed by atoms with Crippen LogP contribution in [0, 0.1) is 5.41 Å². The van der Waals surface area contributed by atoms with Crippen LogP contribution in [0.4, 0.5) is 5.69 Å². The Kier molecular flexibility index (Phi) is 4.07. The van der Waals surface area contributed by atoms with Crippen LogP contribution in [-0.4, -0.2) is 27.6 Å². The maximum atomic E-state index is 11.8. The highest BCUT2D eigenvalue weighted by Gasteiger charge is 2.27. The van der Waals surface area contributed by atoms with E-state index >= 15 is 0 Å². The first-order chi connectivity index (χ1) is 8.20. The van der Waals surface area contributed by atoms with Gasteiger partial charge in [-0.1, -0.05) is 20.8 Å². The molecule has 0 fully saturated rings. The smallest absolute Gasteiger partial charge is 0.241 e. The van der Waals surface area contributed by atoms with E-state index in [9.17, 15) is 9.59 Å². The summed E-state index contributed by atoms with van der Waals surface area (Å²) >= 11 is 0. The Morgan fingerprint density at radius 3 is 2.61 bits per heavy atom. The Labute approximate surface area is 106 Å². The van der Waals surface area contributed by atoms with Crippen molar-refractivity contribution in [1.82, 2.24) is 9.78 Å². The second-order valence-electron chi connectivity index (χ2n) is 5.23. The van der Waals surface area contributed by atoms with Crippen LogP contribution in [0.1, 0.15) is 20.8 Å². The van der Waals surface area contributed by atoms with Gasteiger partial charge in [-0.05, 0) is 5.41 Å². The van der Waals surface area contributed by atoms with Gasteiger partial charge in [0.1, 0.15) is 6.54 Å². The summed E-state index contributed by atoms with van der Waals surface area (Å²) in [5.41, 5.74) is 11.0. The second-order valence-corrected chi connectivity index (χ2v) is 5.23. The van der Waals surface area contributed by atoms with Gasteiger partial charge >= 0.3 is 0 Å². The molecule has 5 N–H and O–H groups in total. The number of nitrogens with one attached hydrogen (secondary N) is 1. The molecule has 100 valence electrons. The maximum absolute atomic E-state index is 11.8. The van der Waals surface area contributed by atoms with E-state index < -0.39 is 11.9 Å². The van der Waals surface area contributed by atoms with Crippen LogP contribution >= 0.6 is 0 Å². The zero-order valence-corrected chi connectivity index (χ0v) is 10.8. The van der Waals surface area contributed by atoms with Crippen molar-refractivity contribution < 1.29 is 9.59 Å². The Morgan fingerprint density at radius 1 is 1.50 bits per heavy atom. The van der Waals surface area contributed by atoms with E-state index in [0.29, 0.717) is 5.69 Å². The number of hydrogen-bond donors (Lipinski definition) is 3. The number of aromatic nitrogens is 2. The molecule has 0 spiro atoms. The third kappa shape index (κ3) is 3.85. The third-order valence-electron chi connectivity index (χ3n) is 2.43. The number of nitrogens with two attached hydrogens (primary N) is 2. The molecule has 1 heterocycles. The maximum Gasteiger partial charge on any atom is 0.241 e. The number of carbonyl (C=O) groups is 2. The minimum Gasteiger partial charge on any atom is -0.368 e. The van der Waals surface area contributed by atoms with Crippen LogP contribution in [-0.2, 0) is 16.1 Å². The highest BCUT2D eigenvalue weighted by molar-refractivity contribution is 5.95. The van der Waals surface area contributed by atoms with E-state index in [-0.39, 0.29) is 17.9 Å². The van der Waals surface area contributed by atoms with Crippen LogP contribution in [0.5, 0.6) is 0 Å². The number of amides is 2. The summed E-state index contributed by atoms with van der Waals surface area (Å²) in [7, 11) is 0. The molecule has 0 aliphatic carbocycles. The zero-order valence-electron chi connectivity index (χ0n) is 10.8. The number of rotatable bonds is 4. The van der Waals surface area contributed by atoms with Gasteiger partial charge in [-0.2, -0.15) is 5.10 Å². The number of primary amides is 1. The highest BCUT2D eigenvalue weighted by atomic mass is 16.2. The molecule has 7 heteroatoms. The predicted octanol–water partition coefficient (Wildman–Crippen LogP) is -0.320. The summed E-state index contributed by atoms with van der Waals surface area (Å²) in [6.07, 6.45) is 2.97. The fourth-order valence-electron chi connectivity index (χ4n) is 1.29. The van der Waals surface area contributed by atoms with E-state index in [1.54, 1.807) is 0 Å². The average molecular weight is 253 g/mol. The molecule has 7 nitrogen and oxygen atoms in total. The Bertz CT molecular complexity index is 447. The normalized spacial score (nSPS) is 13.1. The first-order valence-electron chi connectivity index (χ1n) is 5.57. The number of nitrogens with zero attached hydrogens (tertiary/aromatic N) is 2. The fourth-order valence-corrected chi connectivity index (χ4v) is 1.29. The molecule has 18 heavy (non-hydrogen) atoms. The van der Waals surface area contributed by atoms with Crippen molar-refractivity contribution >= 4 is 17.5 Å². The molecule has 0 aromatic carbocycles. The lowest BCUT2D eigenvalue weighted by molar-refractivity contribution is -0.119. The van der Waals surface area contributed by atoms with E-state index in [1.807, 2.05) is 20.8 Å². The van der Waals surface area contributed by atoms with Crippen molar-refractivity contribution in [2.24, 2.45) is 16.9 Å². The van der Waals surface area contributed by atoms with Crippen molar-refractivity contribution in [2.75, 3.05) is 5.32 Å². The molecule has 1 rings (SSSR count). The standard InChI is InChI=1S/C11H19N5O2/c1-11(2,3)9(13)10(18)15-7-4-14-16(5-7)6-8(12)17/h4-5,9H,6,13H2,1-3H3,(H2,12,17)(H,15,18)/t9-/m0/s1. The van der Waals surface area contributed by atoms with Gasteiger partial charge in [0.05, 0.1) is 17.9 Å². The van der Waals surface area contributed by atoms with Gasteiger partial charge < -0.3 is 16.8 Å². The average Bonchev–Trinajstić information content (AvgIpc) is 2.61. The van der Waals surface area contributed by atoms with Gasteiger partial charge in [0.2, 0.25) is 11.8 Å². The molecule has 0 saturated heterocycles. The molecule has 0 unspecified atom stereocenters. The van der Waals surface area contributed by atoms with Crippen LogP contribution in [0.2, 0.25) is 0 Å². The summed E-state index contributed by atoms with van der Waals surface area (Å²) in [6, 6.07) is -0.628. The first kappa shape index (κ1) is 14.2. The molecule has 0 bridgehead atoms. The van der Waals surface area contributed by atoms with Crippen LogP contribution < -0.4 is 16.8 Å². The van der Waals surface area contributed by atoms with E-state index in [1.165, 1.54) is 17.1 Å². The lowest BCUT2D eigenvalue weighted by Gasteiger charge is -2.25. The largest absolute Gasteiger partial charge is 0.368 e. The predicted molar refractivity (Wildman–Crippen MR) is 67.5 cm³/mol. The lowest BCUT2D eigenvalue weighted by atomic mass is 9.87.